The Balaban J connectivity index is 1.56. The summed E-state index contributed by atoms with van der Waals surface area (Å²) in [7, 11) is 3.19. The number of carbonyl (C=O) groups is 1. The number of ether oxygens (including phenoxy) is 2. The molecule has 0 spiro atoms. The smallest absolute Gasteiger partial charge is 0.251 e. The minimum Gasteiger partial charge on any atom is -0.497 e. The average Bonchev–Trinajstić information content (AvgIpc) is 3.20. The second-order valence-electron chi connectivity index (χ2n) is 6.51. The molecule has 4 rings (SSSR count). The number of rotatable bonds is 6. The van der Waals surface area contributed by atoms with Crippen LogP contribution in [0, 0.1) is 0 Å². The summed E-state index contributed by atoms with van der Waals surface area (Å²) in [6, 6.07) is 16.7. The van der Waals surface area contributed by atoms with Crippen molar-refractivity contribution in [3.05, 3.63) is 76.4 Å². The van der Waals surface area contributed by atoms with E-state index in [1.54, 1.807) is 32.5 Å². The van der Waals surface area contributed by atoms with Crippen LogP contribution in [0.5, 0.6) is 11.5 Å². The number of hydrogen-bond acceptors (Lipinski definition) is 5. The van der Waals surface area contributed by atoms with E-state index in [4.69, 9.17) is 9.47 Å². The third-order valence-electron chi connectivity index (χ3n) is 4.71. The van der Waals surface area contributed by atoms with Gasteiger partial charge in [0.15, 0.2) is 11.5 Å². The van der Waals surface area contributed by atoms with Crippen molar-refractivity contribution in [2.45, 2.75) is 6.54 Å². The maximum atomic E-state index is 12.7. The van der Waals surface area contributed by atoms with Crippen molar-refractivity contribution < 1.29 is 14.3 Å². The van der Waals surface area contributed by atoms with Crippen molar-refractivity contribution in [3.63, 3.8) is 0 Å². The standard InChI is InChI=1S/C22H19BrN4O3/c1-29-16-7-8-19(30-2)15(11-16)13-24-22(28)14-9-10-27-20(12-14)25-26-21(27)17-5-3-4-6-18(17)23/h3-12H,13H2,1-2H3,(H,24,28). The Morgan fingerprint density at radius 2 is 1.90 bits per heavy atom. The van der Waals surface area contributed by atoms with E-state index in [1.807, 2.05) is 46.9 Å². The van der Waals surface area contributed by atoms with Crippen LogP contribution in [0.3, 0.4) is 0 Å². The molecule has 2 aromatic heterocycles. The fourth-order valence-corrected chi connectivity index (χ4v) is 3.62. The first-order valence-electron chi connectivity index (χ1n) is 9.19. The van der Waals surface area contributed by atoms with Gasteiger partial charge >= 0.3 is 0 Å². The number of amides is 1. The third kappa shape index (κ3) is 3.86. The summed E-state index contributed by atoms with van der Waals surface area (Å²) in [5, 5.41) is 11.4. The summed E-state index contributed by atoms with van der Waals surface area (Å²) in [6.45, 7) is 0.305. The molecule has 0 aliphatic heterocycles. The second-order valence-corrected chi connectivity index (χ2v) is 7.36. The number of nitrogens with one attached hydrogen (secondary N) is 1. The number of hydrogen-bond donors (Lipinski definition) is 1. The SMILES string of the molecule is COc1ccc(OC)c(CNC(=O)c2ccn3c(-c4ccccc4Br)nnc3c2)c1. The number of aromatic nitrogens is 3. The zero-order valence-corrected chi connectivity index (χ0v) is 18.0. The summed E-state index contributed by atoms with van der Waals surface area (Å²) >= 11 is 3.54. The molecule has 7 nitrogen and oxygen atoms in total. The molecule has 0 unspecified atom stereocenters. The first-order valence-corrected chi connectivity index (χ1v) is 9.99. The zero-order chi connectivity index (χ0) is 21.1. The minimum atomic E-state index is -0.215. The van der Waals surface area contributed by atoms with Gasteiger partial charge in [0.25, 0.3) is 5.91 Å². The fourth-order valence-electron chi connectivity index (χ4n) is 3.16. The topological polar surface area (TPSA) is 77.8 Å². The van der Waals surface area contributed by atoms with E-state index in [0.717, 1.165) is 15.6 Å². The van der Waals surface area contributed by atoms with Crippen molar-refractivity contribution in [2.75, 3.05) is 14.2 Å². The normalized spacial score (nSPS) is 10.8. The Morgan fingerprint density at radius 3 is 2.67 bits per heavy atom. The van der Waals surface area contributed by atoms with Gasteiger partial charge in [0.2, 0.25) is 0 Å². The number of pyridine rings is 1. The Bertz CT molecular complexity index is 1220. The molecule has 8 heteroatoms. The van der Waals surface area contributed by atoms with Crippen LogP contribution in [0.4, 0.5) is 0 Å². The Hall–Kier alpha value is -3.39. The van der Waals surface area contributed by atoms with Crippen molar-refractivity contribution in [1.29, 1.82) is 0 Å². The molecule has 0 fully saturated rings. The van der Waals surface area contributed by atoms with Gasteiger partial charge in [0.05, 0.1) is 14.2 Å². The molecule has 0 bridgehead atoms. The van der Waals surface area contributed by atoms with Crippen molar-refractivity contribution in [2.24, 2.45) is 0 Å². The van der Waals surface area contributed by atoms with Crippen LogP contribution in [-0.2, 0) is 6.54 Å². The fraction of sp³-hybridized carbons (Fsp3) is 0.136. The molecule has 4 aromatic rings. The molecule has 30 heavy (non-hydrogen) atoms. The van der Waals surface area contributed by atoms with E-state index in [1.165, 1.54) is 0 Å². The highest BCUT2D eigenvalue weighted by atomic mass is 79.9. The third-order valence-corrected chi connectivity index (χ3v) is 5.41. The lowest BCUT2D eigenvalue weighted by Gasteiger charge is -2.11. The zero-order valence-electron chi connectivity index (χ0n) is 16.4. The Morgan fingerprint density at radius 1 is 1.07 bits per heavy atom. The number of halogens is 1. The summed E-state index contributed by atoms with van der Waals surface area (Å²) in [6.07, 6.45) is 1.80. The van der Waals surface area contributed by atoms with Gasteiger partial charge < -0.3 is 14.8 Å². The first-order chi connectivity index (χ1) is 14.6. The number of nitrogens with zero attached hydrogens (tertiary/aromatic N) is 3. The van der Waals surface area contributed by atoms with Crippen molar-refractivity contribution in [1.82, 2.24) is 19.9 Å². The molecule has 152 valence electrons. The van der Waals surface area contributed by atoms with Crippen molar-refractivity contribution >= 4 is 27.5 Å². The number of methoxy groups -OCH3 is 2. The van der Waals surface area contributed by atoms with Gasteiger partial charge in [0.1, 0.15) is 11.5 Å². The molecular formula is C22H19BrN4O3. The van der Waals surface area contributed by atoms with E-state index in [2.05, 4.69) is 31.4 Å². The van der Waals surface area contributed by atoms with E-state index in [0.29, 0.717) is 35.1 Å². The molecule has 0 aliphatic carbocycles. The van der Waals surface area contributed by atoms with E-state index >= 15 is 0 Å². The first kappa shape index (κ1) is 19.9. The second kappa shape index (κ2) is 8.54. The molecule has 1 amide bonds. The van der Waals surface area contributed by atoms with Gasteiger partial charge in [-0.1, -0.05) is 34.1 Å². The van der Waals surface area contributed by atoms with Crippen LogP contribution >= 0.6 is 15.9 Å². The quantitative estimate of drug-likeness (QED) is 0.462. The van der Waals surface area contributed by atoms with Gasteiger partial charge in [-0.15, -0.1) is 10.2 Å². The molecular weight excluding hydrogens is 448 g/mol. The molecule has 1 N–H and O–H groups in total. The van der Waals surface area contributed by atoms with Crippen LogP contribution in [0.1, 0.15) is 15.9 Å². The molecule has 0 radical (unpaired) electrons. The van der Waals surface area contributed by atoms with Crippen LogP contribution in [0.2, 0.25) is 0 Å². The predicted octanol–water partition coefficient (Wildman–Crippen LogP) is 4.11. The monoisotopic (exact) mass is 466 g/mol. The molecule has 0 atom stereocenters. The molecule has 2 heterocycles. The Labute approximate surface area is 181 Å². The lowest BCUT2D eigenvalue weighted by Crippen LogP contribution is -2.23. The molecule has 2 aromatic carbocycles. The summed E-state index contributed by atoms with van der Waals surface area (Å²) in [5.41, 5.74) is 2.83. The lowest BCUT2D eigenvalue weighted by molar-refractivity contribution is 0.0950. The largest absolute Gasteiger partial charge is 0.497 e. The summed E-state index contributed by atoms with van der Waals surface area (Å²) < 4.78 is 13.4. The molecule has 0 saturated heterocycles. The molecule has 0 saturated carbocycles. The summed E-state index contributed by atoms with van der Waals surface area (Å²) in [5.74, 6) is 1.87. The van der Waals surface area contributed by atoms with Crippen LogP contribution in [-0.4, -0.2) is 34.7 Å². The highest BCUT2D eigenvalue weighted by Gasteiger charge is 2.14. The van der Waals surface area contributed by atoms with Crippen LogP contribution in [0.15, 0.2) is 65.3 Å². The minimum absolute atomic E-state index is 0.215. The average molecular weight is 467 g/mol. The summed E-state index contributed by atoms with van der Waals surface area (Å²) in [4.78, 5) is 12.7. The van der Waals surface area contributed by atoms with Gasteiger partial charge in [-0.25, -0.2) is 0 Å². The highest BCUT2D eigenvalue weighted by molar-refractivity contribution is 9.10. The van der Waals surface area contributed by atoms with Gasteiger partial charge in [-0.05, 0) is 36.4 Å². The van der Waals surface area contributed by atoms with E-state index < -0.39 is 0 Å². The number of fused-ring (bicyclic) bond motifs is 1. The van der Waals surface area contributed by atoms with E-state index in [-0.39, 0.29) is 5.91 Å². The Kier molecular flexibility index (Phi) is 5.67. The van der Waals surface area contributed by atoms with Gasteiger partial charge in [-0.2, -0.15) is 0 Å². The van der Waals surface area contributed by atoms with Crippen LogP contribution < -0.4 is 14.8 Å². The predicted molar refractivity (Wildman–Crippen MR) is 117 cm³/mol. The highest BCUT2D eigenvalue weighted by Crippen LogP contribution is 2.27. The van der Waals surface area contributed by atoms with E-state index in [9.17, 15) is 4.79 Å². The maximum Gasteiger partial charge on any atom is 0.251 e. The number of benzene rings is 2. The van der Waals surface area contributed by atoms with Gasteiger partial charge in [0, 0.05) is 33.9 Å². The van der Waals surface area contributed by atoms with Gasteiger partial charge in [-0.3, -0.25) is 9.20 Å². The van der Waals surface area contributed by atoms with Crippen molar-refractivity contribution in [3.8, 4) is 22.9 Å². The number of carbonyl (C=O) groups excluding carboxylic acids is 1. The molecule has 0 aliphatic rings. The van der Waals surface area contributed by atoms with Crippen LogP contribution in [0.25, 0.3) is 17.0 Å². The lowest BCUT2D eigenvalue weighted by atomic mass is 10.1. The maximum absolute atomic E-state index is 12.7.